The first-order valence-corrected chi connectivity index (χ1v) is 6.39. The Morgan fingerprint density at radius 2 is 1.94 bits per heavy atom. The van der Waals surface area contributed by atoms with Gasteiger partial charge in [0.05, 0.1) is 5.92 Å². The van der Waals surface area contributed by atoms with Gasteiger partial charge in [-0.25, -0.2) is 8.42 Å². The molecule has 0 amide bonds. The smallest absolute Gasteiger partial charge is 0.310 e. The largest absolute Gasteiger partial charge is 0.507 e. The average molecular weight is 244 g/mol. The number of rotatable bonds is 3. The zero-order chi connectivity index (χ0) is 12.5. The van der Waals surface area contributed by atoms with E-state index in [0.717, 1.165) is 6.26 Å². The third-order valence-electron chi connectivity index (χ3n) is 2.23. The van der Waals surface area contributed by atoms with E-state index in [1.54, 1.807) is 0 Å². The molecule has 0 fully saturated rings. The van der Waals surface area contributed by atoms with Crippen LogP contribution in [0.5, 0.6) is 5.75 Å². The second-order valence-electron chi connectivity index (χ2n) is 3.53. The Labute approximate surface area is 93.3 Å². The molecule has 0 heterocycles. The molecule has 0 radical (unpaired) electrons. The first kappa shape index (κ1) is 12.5. The number of aromatic hydroxyl groups is 1. The Balaban J connectivity index is 3.53. The lowest BCUT2D eigenvalue weighted by molar-refractivity contribution is -0.138. The van der Waals surface area contributed by atoms with E-state index in [0.29, 0.717) is 0 Å². The van der Waals surface area contributed by atoms with Gasteiger partial charge in [0.1, 0.15) is 10.6 Å². The summed E-state index contributed by atoms with van der Waals surface area (Å²) >= 11 is 0. The van der Waals surface area contributed by atoms with Gasteiger partial charge in [0.25, 0.3) is 0 Å². The molecule has 0 aliphatic carbocycles. The molecule has 5 nitrogen and oxygen atoms in total. The molecule has 0 bridgehead atoms. The van der Waals surface area contributed by atoms with Crippen molar-refractivity contribution in [1.29, 1.82) is 0 Å². The van der Waals surface area contributed by atoms with Crippen LogP contribution in [0.15, 0.2) is 23.1 Å². The van der Waals surface area contributed by atoms with Crippen molar-refractivity contribution in [2.75, 3.05) is 6.26 Å². The van der Waals surface area contributed by atoms with Crippen LogP contribution >= 0.6 is 0 Å². The number of phenolic OH excluding ortho intramolecular Hbond substituents is 1. The monoisotopic (exact) mass is 244 g/mol. The van der Waals surface area contributed by atoms with Gasteiger partial charge in [-0.3, -0.25) is 4.79 Å². The summed E-state index contributed by atoms with van der Waals surface area (Å²) in [7, 11) is -3.66. The highest BCUT2D eigenvalue weighted by Crippen LogP contribution is 2.31. The average Bonchev–Trinajstić information content (AvgIpc) is 2.14. The number of carboxylic acids is 1. The first-order chi connectivity index (χ1) is 7.25. The molecule has 2 N–H and O–H groups in total. The van der Waals surface area contributed by atoms with Crippen LogP contribution in [0.25, 0.3) is 0 Å². The van der Waals surface area contributed by atoms with Crippen molar-refractivity contribution in [3.05, 3.63) is 23.8 Å². The van der Waals surface area contributed by atoms with E-state index in [4.69, 9.17) is 5.11 Å². The molecule has 0 aliphatic heterocycles. The molecule has 16 heavy (non-hydrogen) atoms. The van der Waals surface area contributed by atoms with Gasteiger partial charge < -0.3 is 10.2 Å². The number of hydrogen-bond acceptors (Lipinski definition) is 4. The SMILES string of the molecule is CC(C(=O)O)c1cccc(O)c1S(C)(=O)=O. The summed E-state index contributed by atoms with van der Waals surface area (Å²) in [4.78, 5) is 10.5. The van der Waals surface area contributed by atoms with Crippen LogP contribution in [0, 0.1) is 0 Å². The molecule has 0 saturated heterocycles. The van der Waals surface area contributed by atoms with Crippen LogP contribution < -0.4 is 0 Å². The Bertz CT molecular complexity index is 518. The van der Waals surface area contributed by atoms with Gasteiger partial charge in [0.2, 0.25) is 0 Å². The van der Waals surface area contributed by atoms with Gasteiger partial charge >= 0.3 is 5.97 Å². The molecule has 6 heteroatoms. The molecule has 0 saturated carbocycles. The molecule has 1 rings (SSSR count). The first-order valence-electron chi connectivity index (χ1n) is 4.50. The molecule has 0 aliphatic rings. The topological polar surface area (TPSA) is 91.7 Å². The van der Waals surface area contributed by atoms with Gasteiger partial charge in [0.15, 0.2) is 9.84 Å². The summed E-state index contributed by atoms with van der Waals surface area (Å²) in [5.74, 6) is -2.56. The van der Waals surface area contributed by atoms with Gasteiger partial charge in [-0.05, 0) is 18.6 Å². The van der Waals surface area contributed by atoms with Crippen molar-refractivity contribution in [2.45, 2.75) is 17.7 Å². The number of phenols is 1. The lowest BCUT2D eigenvalue weighted by Gasteiger charge is -2.12. The van der Waals surface area contributed by atoms with E-state index >= 15 is 0 Å². The summed E-state index contributed by atoms with van der Waals surface area (Å²) in [6.07, 6.45) is 0.931. The van der Waals surface area contributed by atoms with Crippen molar-refractivity contribution in [3.8, 4) is 5.75 Å². The van der Waals surface area contributed by atoms with Gasteiger partial charge in [-0.15, -0.1) is 0 Å². The van der Waals surface area contributed by atoms with Crippen molar-refractivity contribution in [1.82, 2.24) is 0 Å². The van der Waals surface area contributed by atoms with Crippen LogP contribution in [-0.4, -0.2) is 30.9 Å². The van der Waals surface area contributed by atoms with E-state index in [9.17, 15) is 18.3 Å². The van der Waals surface area contributed by atoms with E-state index < -0.39 is 27.5 Å². The fraction of sp³-hybridized carbons (Fsp3) is 0.300. The highest BCUT2D eigenvalue weighted by molar-refractivity contribution is 7.90. The molecule has 88 valence electrons. The molecular weight excluding hydrogens is 232 g/mol. The summed E-state index contributed by atoms with van der Waals surface area (Å²) in [5.41, 5.74) is 0.0926. The second kappa shape index (κ2) is 4.13. The lowest BCUT2D eigenvalue weighted by Crippen LogP contribution is -2.12. The van der Waals surface area contributed by atoms with Crippen molar-refractivity contribution in [3.63, 3.8) is 0 Å². The number of aliphatic carboxylic acids is 1. The van der Waals surface area contributed by atoms with Crippen LogP contribution in [0.3, 0.4) is 0 Å². The highest BCUT2D eigenvalue weighted by Gasteiger charge is 2.24. The standard InChI is InChI=1S/C10H12O5S/c1-6(10(12)13)7-4-3-5-8(11)9(7)16(2,14)15/h3-6,11H,1-2H3,(H,12,13). The van der Waals surface area contributed by atoms with E-state index in [1.807, 2.05) is 0 Å². The Morgan fingerprint density at radius 3 is 2.38 bits per heavy atom. The Kier molecular flexibility index (Phi) is 3.23. The minimum absolute atomic E-state index is 0.0926. The van der Waals surface area contributed by atoms with Gasteiger partial charge in [0, 0.05) is 6.26 Å². The van der Waals surface area contributed by atoms with E-state index in [1.165, 1.54) is 25.1 Å². The summed E-state index contributed by atoms with van der Waals surface area (Å²) in [6.45, 7) is 1.37. The number of benzene rings is 1. The number of carbonyl (C=O) groups is 1. The normalized spacial score (nSPS) is 13.4. The summed E-state index contributed by atoms with van der Waals surface area (Å²) in [6, 6.07) is 4.02. The van der Waals surface area contributed by atoms with Crippen molar-refractivity contribution in [2.24, 2.45) is 0 Å². The lowest BCUT2D eigenvalue weighted by atomic mass is 10.0. The maximum atomic E-state index is 11.4. The van der Waals surface area contributed by atoms with Crippen LogP contribution in [0.4, 0.5) is 0 Å². The minimum atomic E-state index is -3.66. The highest BCUT2D eigenvalue weighted by atomic mass is 32.2. The third-order valence-corrected chi connectivity index (χ3v) is 3.42. The third kappa shape index (κ3) is 2.33. The quantitative estimate of drug-likeness (QED) is 0.827. The summed E-state index contributed by atoms with van der Waals surface area (Å²) in [5, 5.41) is 18.3. The zero-order valence-corrected chi connectivity index (χ0v) is 9.65. The van der Waals surface area contributed by atoms with Gasteiger partial charge in [-0.2, -0.15) is 0 Å². The predicted molar refractivity (Wildman–Crippen MR) is 57.3 cm³/mol. The molecule has 0 aromatic heterocycles. The van der Waals surface area contributed by atoms with Crippen LogP contribution in [-0.2, 0) is 14.6 Å². The Hall–Kier alpha value is -1.56. The maximum absolute atomic E-state index is 11.4. The summed E-state index contributed by atoms with van der Waals surface area (Å²) < 4.78 is 22.9. The van der Waals surface area contributed by atoms with Crippen LogP contribution in [0.2, 0.25) is 0 Å². The molecular formula is C10H12O5S. The van der Waals surface area contributed by atoms with Crippen LogP contribution in [0.1, 0.15) is 18.4 Å². The second-order valence-corrected chi connectivity index (χ2v) is 5.48. The number of hydrogen-bond donors (Lipinski definition) is 2. The maximum Gasteiger partial charge on any atom is 0.310 e. The Morgan fingerprint density at radius 1 is 1.38 bits per heavy atom. The number of carboxylic acid groups (broad SMARTS) is 1. The fourth-order valence-electron chi connectivity index (χ4n) is 1.42. The number of sulfone groups is 1. The van der Waals surface area contributed by atoms with E-state index in [2.05, 4.69) is 0 Å². The molecule has 1 unspecified atom stereocenters. The molecule has 1 aromatic rings. The fourth-order valence-corrected chi connectivity index (χ4v) is 2.54. The zero-order valence-electron chi connectivity index (χ0n) is 8.84. The molecule has 1 aromatic carbocycles. The van der Waals surface area contributed by atoms with E-state index in [-0.39, 0.29) is 10.5 Å². The van der Waals surface area contributed by atoms with Crippen molar-refractivity contribution < 1.29 is 23.4 Å². The molecule has 0 spiro atoms. The predicted octanol–water partition coefficient (Wildman–Crippen LogP) is 0.984. The minimum Gasteiger partial charge on any atom is -0.507 e. The van der Waals surface area contributed by atoms with Crippen molar-refractivity contribution >= 4 is 15.8 Å². The van der Waals surface area contributed by atoms with Gasteiger partial charge in [-0.1, -0.05) is 12.1 Å². The molecule has 1 atom stereocenters.